The van der Waals surface area contributed by atoms with Gasteiger partial charge in [0.25, 0.3) is 5.91 Å². The van der Waals surface area contributed by atoms with E-state index in [1.807, 2.05) is 32.9 Å². The molecule has 26 heavy (non-hydrogen) atoms. The fraction of sp³-hybridized carbons (Fsp3) is 0.316. The lowest BCUT2D eigenvalue weighted by Crippen LogP contribution is -2.26. The second kappa shape index (κ2) is 6.57. The number of thiazole rings is 1. The highest BCUT2D eigenvalue weighted by Gasteiger charge is 2.24. The summed E-state index contributed by atoms with van der Waals surface area (Å²) in [5.74, 6) is -1.07. The summed E-state index contributed by atoms with van der Waals surface area (Å²) in [5, 5.41) is 13.5. The number of aromatic nitrogens is 1. The van der Waals surface area contributed by atoms with Crippen LogP contribution in [-0.2, 0) is 0 Å². The van der Waals surface area contributed by atoms with Crippen LogP contribution in [0.2, 0.25) is 0 Å². The lowest BCUT2D eigenvalue weighted by Gasteiger charge is -2.10. The Labute approximate surface area is 154 Å². The molecule has 136 valence electrons. The first-order valence-electron chi connectivity index (χ1n) is 8.21. The Balaban J connectivity index is 1.91. The van der Waals surface area contributed by atoms with Crippen LogP contribution in [0.4, 0.5) is 0 Å². The predicted molar refractivity (Wildman–Crippen MR) is 100 cm³/mol. The third kappa shape index (κ3) is 2.99. The molecule has 1 aromatic carbocycles. The molecule has 1 amide bonds. The summed E-state index contributed by atoms with van der Waals surface area (Å²) < 4.78 is 5.85. The minimum absolute atomic E-state index is 0.187. The van der Waals surface area contributed by atoms with Crippen molar-refractivity contribution in [1.82, 2.24) is 10.3 Å². The summed E-state index contributed by atoms with van der Waals surface area (Å²) >= 11 is 1.07. The number of amides is 1. The maximum atomic E-state index is 12.7. The van der Waals surface area contributed by atoms with Gasteiger partial charge < -0.3 is 14.8 Å². The van der Waals surface area contributed by atoms with Gasteiger partial charge in [-0.15, -0.1) is 11.3 Å². The molecule has 1 unspecified atom stereocenters. The van der Waals surface area contributed by atoms with Gasteiger partial charge in [0.2, 0.25) is 0 Å². The average molecular weight is 372 g/mol. The van der Waals surface area contributed by atoms with E-state index in [9.17, 15) is 9.59 Å². The van der Waals surface area contributed by atoms with Gasteiger partial charge in [0, 0.05) is 10.9 Å². The Hall–Kier alpha value is -2.67. The number of benzene rings is 1. The second-order valence-corrected chi connectivity index (χ2v) is 7.46. The Morgan fingerprint density at radius 1 is 1.19 bits per heavy atom. The van der Waals surface area contributed by atoms with Crippen LogP contribution < -0.4 is 5.32 Å². The van der Waals surface area contributed by atoms with Crippen molar-refractivity contribution in [2.24, 2.45) is 0 Å². The normalized spacial score (nSPS) is 12.3. The number of carboxylic acid groups (broad SMARTS) is 1. The highest BCUT2D eigenvalue weighted by Crippen LogP contribution is 2.31. The maximum Gasteiger partial charge on any atom is 0.347 e. The van der Waals surface area contributed by atoms with Crippen LogP contribution in [0.25, 0.3) is 11.0 Å². The van der Waals surface area contributed by atoms with Crippen molar-refractivity contribution in [3.8, 4) is 0 Å². The molecule has 0 saturated carbocycles. The number of fused-ring (bicyclic) bond motifs is 1. The molecule has 0 fully saturated rings. The quantitative estimate of drug-likeness (QED) is 0.712. The number of hydrogen-bond acceptors (Lipinski definition) is 5. The number of carbonyl (C=O) groups is 2. The maximum absolute atomic E-state index is 12.7. The van der Waals surface area contributed by atoms with Crippen LogP contribution in [0.15, 0.2) is 16.5 Å². The third-order valence-electron chi connectivity index (χ3n) is 4.41. The predicted octanol–water partition coefficient (Wildman–Crippen LogP) is 4.31. The summed E-state index contributed by atoms with van der Waals surface area (Å²) in [4.78, 5) is 28.4. The van der Waals surface area contributed by atoms with Crippen LogP contribution in [0.1, 0.15) is 60.6 Å². The van der Waals surface area contributed by atoms with Crippen molar-refractivity contribution in [2.75, 3.05) is 0 Å². The van der Waals surface area contributed by atoms with Crippen LogP contribution in [0, 0.1) is 27.7 Å². The molecule has 3 aromatic rings. The minimum Gasteiger partial charge on any atom is -0.477 e. The van der Waals surface area contributed by atoms with Crippen molar-refractivity contribution >= 4 is 34.2 Å². The highest BCUT2D eigenvalue weighted by atomic mass is 32.1. The Morgan fingerprint density at radius 3 is 2.42 bits per heavy atom. The van der Waals surface area contributed by atoms with Gasteiger partial charge in [-0.3, -0.25) is 4.79 Å². The number of aromatic carboxylic acids is 1. The lowest BCUT2D eigenvalue weighted by atomic mass is 10.0. The van der Waals surface area contributed by atoms with Gasteiger partial charge in [0.1, 0.15) is 15.5 Å². The number of rotatable bonds is 4. The average Bonchev–Trinajstić information content (AvgIpc) is 3.12. The fourth-order valence-electron chi connectivity index (χ4n) is 3.02. The van der Waals surface area contributed by atoms with Crippen molar-refractivity contribution in [3.05, 3.63) is 50.2 Å². The second-order valence-electron chi connectivity index (χ2n) is 6.43. The molecule has 0 aliphatic heterocycles. The van der Waals surface area contributed by atoms with Crippen LogP contribution in [0.5, 0.6) is 0 Å². The molecule has 0 aliphatic carbocycles. The van der Waals surface area contributed by atoms with Crippen LogP contribution in [0.3, 0.4) is 0 Å². The molecule has 0 saturated heterocycles. The number of nitrogens with zero attached hydrogens (tertiary/aromatic N) is 1. The SMILES string of the molecule is Cc1nc(C(C)NC(=O)c2oc3c(C)ccc(C)c3c2C)sc1C(=O)O. The molecule has 6 nitrogen and oxygen atoms in total. The molecule has 0 radical (unpaired) electrons. The zero-order chi connectivity index (χ0) is 19.2. The van der Waals surface area contributed by atoms with Gasteiger partial charge in [0.05, 0.1) is 11.7 Å². The number of furan rings is 1. The molecule has 2 aromatic heterocycles. The van der Waals surface area contributed by atoms with E-state index in [1.54, 1.807) is 13.8 Å². The molecule has 7 heteroatoms. The van der Waals surface area contributed by atoms with Crippen molar-refractivity contribution in [1.29, 1.82) is 0 Å². The van der Waals surface area contributed by atoms with E-state index in [0.717, 1.165) is 39.0 Å². The molecule has 1 atom stereocenters. The molecule has 2 N–H and O–H groups in total. The zero-order valence-electron chi connectivity index (χ0n) is 15.3. The van der Waals surface area contributed by atoms with E-state index in [0.29, 0.717) is 10.7 Å². The van der Waals surface area contributed by atoms with E-state index in [1.165, 1.54) is 0 Å². The lowest BCUT2D eigenvalue weighted by molar-refractivity contribution is 0.0700. The Morgan fingerprint density at radius 2 is 1.85 bits per heavy atom. The number of carbonyl (C=O) groups excluding carboxylic acids is 1. The molecule has 3 rings (SSSR count). The Bertz CT molecular complexity index is 1030. The molecule has 0 aliphatic rings. The van der Waals surface area contributed by atoms with Gasteiger partial charge in [0.15, 0.2) is 5.76 Å². The number of hydrogen-bond donors (Lipinski definition) is 2. The fourth-order valence-corrected chi connectivity index (χ4v) is 3.92. The van der Waals surface area contributed by atoms with Gasteiger partial charge >= 0.3 is 5.97 Å². The van der Waals surface area contributed by atoms with E-state index in [-0.39, 0.29) is 16.5 Å². The first-order valence-corrected chi connectivity index (χ1v) is 9.03. The van der Waals surface area contributed by atoms with Crippen molar-refractivity contribution in [2.45, 2.75) is 40.7 Å². The van der Waals surface area contributed by atoms with E-state index < -0.39 is 12.0 Å². The van der Waals surface area contributed by atoms with Crippen molar-refractivity contribution in [3.63, 3.8) is 0 Å². The first-order chi connectivity index (χ1) is 12.2. The monoisotopic (exact) mass is 372 g/mol. The number of nitrogens with one attached hydrogen (secondary N) is 1. The summed E-state index contributed by atoms with van der Waals surface area (Å²) in [7, 11) is 0. The molecule has 0 bridgehead atoms. The van der Waals surface area contributed by atoms with E-state index in [4.69, 9.17) is 9.52 Å². The van der Waals surface area contributed by atoms with Gasteiger partial charge in [-0.2, -0.15) is 0 Å². The van der Waals surface area contributed by atoms with E-state index in [2.05, 4.69) is 10.3 Å². The highest BCUT2D eigenvalue weighted by molar-refractivity contribution is 7.13. The van der Waals surface area contributed by atoms with E-state index >= 15 is 0 Å². The molecule has 2 heterocycles. The van der Waals surface area contributed by atoms with Crippen LogP contribution >= 0.6 is 11.3 Å². The first kappa shape index (κ1) is 18.1. The largest absolute Gasteiger partial charge is 0.477 e. The summed E-state index contributed by atoms with van der Waals surface area (Å²) in [6.07, 6.45) is 0. The van der Waals surface area contributed by atoms with Gasteiger partial charge in [-0.05, 0) is 45.7 Å². The number of carboxylic acids is 1. The molecular formula is C19H20N2O4S. The van der Waals surface area contributed by atoms with Crippen LogP contribution in [-0.4, -0.2) is 22.0 Å². The minimum atomic E-state index is -1.01. The smallest absolute Gasteiger partial charge is 0.347 e. The van der Waals surface area contributed by atoms with Crippen molar-refractivity contribution < 1.29 is 19.1 Å². The third-order valence-corrected chi connectivity index (χ3v) is 5.74. The summed E-state index contributed by atoms with van der Waals surface area (Å²) in [6.45, 7) is 9.22. The molecule has 0 spiro atoms. The topological polar surface area (TPSA) is 92.4 Å². The summed E-state index contributed by atoms with van der Waals surface area (Å²) in [5.41, 5.74) is 4.00. The molecular weight excluding hydrogens is 352 g/mol. The Kier molecular flexibility index (Phi) is 4.58. The van der Waals surface area contributed by atoms with Gasteiger partial charge in [-0.1, -0.05) is 12.1 Å². The van der Waals surface area contributed by atoms with Gasteiger partial charge in [-0.25, -0.2) is 9.78 Å². The standard InChI is InChI=1S/C19H20N2O4S/c1-8-6-7-9(2)14-13(8)10(3)15(25-14)17(22)20-12(5)18-21-11(4)16(26-18)19(23)24/h6-7,12H,1-5H3,(H,20,22)(H,23,24). The number of aryl methyl sites for hydroxylation is 4. The zero-order valence-corrected chi connectivity index (χ0v) is 16.1. The summed E-state index contributed by atoms with van der Waals surface area (Å²) in [6, 6.07) is 3.56.